The fourth-order valence-electron chi connectivity index (χ4n) is 5.51. The lowest BCUT2D eigenvalue weighted by Gasteiger charge is -2.34. The largest absolute Gasteiger partial charge is 0.478 e. The molecular weight excluding hydrogens is 505 g/mol. The van der Waals surface area contributed by atoms with E-state index >= 15 is 0 Å². The number of amides is 3. The van der Waals surface area contributed by atoms with Crippen LogP contribution in [0.25, 0.3) is 10.9 Å². The molecule has 3 aromatic rings. The molecule has 3 atom stereocenters. The summed E-state index contributed by atoms with van der Waals surface area (Å²) in [4.78, 5) is 51.4. The third-order valence-corrected chi connectivity index (χ3v) is 7.40. The van der Waals surface area contributed by atoms with Gasteiger partial charge in [0.25, 0.3) is 5.91 Å². The highest BCUT2D eigenvalue weighted by Gasteiger charge is 2.51. The first kappa shape index (κ1) is 24.7. The van der Waals surface area contributed by atoms with E-state index in [0.717, 1.165) is 25.0 Å². The molecule has 1 aromatic heterocycles. The molecule has 1 saturated carbocycles. The van der Waals surface area contributed by atoms with Crippen LogP contribution in [0.1, 0.15) is 45.7 Å². The van der Waals surface area contributed by atoms with Gasteiger partial charge >= 0.3 is 5.97 Å². The third-order valence-electron chi connectivity index (χ3n) is 7.12. The van der Waals surface area contributed by atoms with Gasteiger partial charge in [0, 0.05) is 23.5 Å². The Hall–Kier alpha value is -3.99. The maximum Gasteiger partial charge on any atom is 0.335 e. The first-order valence-corrected chi connectivity index (χ1v) is 12.1. The molecule has 2 aromatic carbocycles. The number of piperidine rings is 1. The number of halogens is 2. The topological polar surface area (TPSA) is 148 Å². The van der Waals surface area contributed by atoms with Gasteiger partial charge in [-0.15, -0.1) is 0 Å². The minimum Gasteiger partial charge on any atom is -0.478 e. The number of carboxylic acids is 1. The SMILES string of the molecule is NC(=O)c1nn(CC(=O)N2[C@@H]3CC[C@@H](C3)[C@H]2C(=O)NCc2cc(C(=O)O)cc(Cl)c2F)c2ccccc12. The second-order valence-corrected chi connectivity index (χ2v) is 9.72. The van der Waals surface area contributed by atoms with Crippen LogP contribution in [0.3, 0.4) is 0 Å². The van der Waals surface area contributed by atoms with E-state index < -0.39 is 29.6 Å². The summed E-state index contributed by atoms with van der Waals surface area (Å²) in [7, 11) is 0. The molecule has 2 fully saturated rings. The smallest absolute Gasteiger partial charge is 0.335 e. The van der Waals surface area contributed by atoms with Gasteiger partial charge in [-0.3, -0.25) is 19.1 Å². The summed E-state index contributed by atoms with van der Waals surface area (Å²) in [5.74, 6) is -3.64. The number of primary amides is 1. The van der Waals surface area contributed by atoms with Gasteiger partial charge in [-0.25, -0.2) is 9.18 Å². The molecule has 1 aliphatic carbocycles. The van der Waals surface area contributed by atoms with Crippen LogP contribution >= 0.6 is 11.6 Å². The number of benzene rings is 2. The van der Waals surface area contributed by atoms with Crippen LogP contribution in [0.2, 0.25) is 5.02 Å². The van der Waals surface area contributed by atoms with Crippen molar-refractivity contribution in [3.05, 3.63) is 64.1 Å². The number of carbonyl (C=O) groups is 4. The lowest BCUT2D eigenvalue weighted by molar-refractivity contribution is -0.143. The van der Waals surface area contributed by atoms with Crippen LogP contribution in [0, 0.1) is 11.7 Å². The molecule has 0 unspecified atom stereocenters. The van der Waals surface area contributed by atoms with Crippen molar-refractivity contribution in [3.8, 4) is 0 Å². The first-order chi connectivity index (χ1) is 17.7. The van der Waals surface area contributed by atoms with Crippen molar-refractivity contribution in [3.63, 3.8) is 0 Å². The molecule has 1 saturated heterocycles. The fourth-order valence-corrected chi connectivity index (χ4v) is 5.75. The number of rotatable bonds is 7. The Morgan fingerprint density at radius 2 is 1.95 bits per heavy atom. The molecule has 10 nitrogen and oxygen atoms in total. The molecule has 3 amide bonds. The number of likely N-dealkylation sites (tertiary alicyclic amines) is 1. The van der Waals surface area contributed by atoms with Crippen molar-refractivity contribution in [1.82, 2.24) is 20.0 Å². The highest BCUT2D eigenvalue weighted by molar-refractivity contribution is 6.31. The van der Waals surface area contributed by atoms with E-state index in [1.165, 1.54) is 4.68 Å². The van der Waals surface area contributed by atoms with Gasteiger partial charge in [-0.1, -0.05) is 29.8 Å². The van der Waals surface area contributed by atoms with Gasteiger partial charge in [-0.05, 0) is 43.4 Å². The summed E-state index contributed by atoms with van der Waals surface area (Å²) < 4.78 is 15.9. The van der Waals surface area contributed by atoms with E-state index in [4.69, 9.17) is 17.3 Å². The average Bonchev–Trinajstić information content (AvgIpc) is 3.58. The van der Waals surface area contributed by atoms with E-state index in [-0.39, 0.29) is 52.8 Å². The van der Waals surface area contributed by atoms with Crippen LogP contribution in [0.15, 0.2) is 36.4 Å². The summed E-state index contributed by atoms with van der Waals surface area (Å²) in [6.45, 7) is -0.473. The molecule has 192 valence electrons. The Morgan fingerprint density at radius 1 is 1.19 bits per heavy atom. The number of nitrogens with two attached hydrogens (primary N) is 1. The van der Waals surface area contributed by atoms with Crippen LogP contribution in [-0.2, 0) is 22.7 Å². The lowest BCUT2D eigenvalue weighted by Crippen LogP contribution is -2.53. The first-order valence-electron chi connectivity index (χ1n) is 11.7. The number of aromatic carboxylic acids is 1. The number of fused-ring (bicyclic) bond motifs is 3. The van der Waals surface area contributed by atoms with Crippen molar-refractivity contribution < 1.29 is 28.7 Å². The van der Waals surface area contributed by atoms with Crippen molar-refractivity contribution >= 4 is 46.2 Å². The Morgan fingerprint density at radius 3 is 2.68 bits per heavy atom. The summed E-state index contributed by atoms with van der Waals surface area (Å²) in [5, 5.41) is 16.3. The molecule has 2 heterocycles. The number of nitrogens with zero attached hydrogens (tertiary/aromatic N) is 3. The van der Waals surface area contributed by atoms with Gasteiger partial charge in [0.15, 0.2) is 5.69 Å². The standard InChI is InChI=1S/C25H23ClFN5O5/c26-17-9-13(25(36)37)7-14(20(17)27)10-29-24(35)22-12-5-6-15(8-12)32(22)19(33)11-31-18-4-2-1-3-16(18)21(30-31)23(28)34/h1-4,7,9,12,15,22H,5-6,8,10-11H2,(H2,28,34)(H,29,35)(H,36,37)/t12-,15+,22-/m0/s1. The molecule has 2 bridgehead atoms. The number of nitrogens with one attached hydrogen (secondary N) is 1. The zero-order valence-corrected chi connectivity index (χ0v) is 20.2. The van der Waals surface area contributed by atoms with Crippen LogP contribution in [0.5, 0.6) is 0 Å². The van der Waals surface area contributed by atoms with Crippen molar-refractivity contribution in [1.29, 1.82) is 0 Å². The summed E-state index contributed by atoms with van der Waals surface area (Å²) >= 11 is 5.82. The minimum absolute atomic E-state index is 0.0525. The number of hydrogen-bond acceptors (Lipinski definition) is 5. The van der Waals surface area contributed by atoms with Gasteiger partial charge in [-0.2, -0.15) is 5.10 Å². The number of aromatic nitrogens is 2. The molecule has 1 aliphatic heterocycles. The molecule has 0 radical (unpaired) electrons. The van der Waals surface area contributed by atoms with Crippen molar-refractivity contribution in [2.24, 2.45) is 11.7 Å². The maximum atomic E-state index is 14.5. The maximum absolute atomic E-state index is 14.5. The van der Waals surface area contributed by atoms with E-state index in [2.05, 4.69) is 10.4 Å². The summed E-state index contributed by atoms with van der Waals surface area (Å²) in [5.41, 5.74) is 5.82. The molecule has 0 spiro atoms. The molecular formula is C25H23ClFN5O5. The van der Waals surface area contributed by atoms with Gasteiger partial charge in [0.1, 0.15) is 18.4 Å². The predicted molar refractivity (Wildman–Crippen MR) is 130 cm³/mol. The number of hydrogen-bond donors (Lipinski definition) is 3. The second kappa shape index (κ2) is 9.47. The molecule has 12 heteroatoms. The number of carboxylic acid groups (broad SMARTS) is 1. The van der Waals surface area contributed by atoms with Crippen LogP contribution < -0.4 is 11.1 Å². The van der Waals surface area contributed by atoms with Gasteiger partial charge in [0.05, 0.1) is 16.1 Å². The third kappa shape index (κ3) is 4.39. The fraction of sp³-hybridized carbons (Fsp3) is 0.320. The minimum atomic E-state index is -1.27. The van der Waals surface area contributed by atoms with Crippen LogP contribution in [-0.4, -0.2) is 55.6 Å². The normalized spacial score (nSPS) is 20.4. The molecule has 4 N–H and O–H groups in total. The number of carbonyl (C=O) groups excluding carboxylic acids is 3. The van der Waals surface area contributed by atoms with E-state index in [9.17, 15) is 28.7 Å². The predicted octanol–water partition coefficient (Wildman–Crippen LogP) is 2.32. The van der Waals surface area contributed by atoms with Gasteiger partial charge in [0.2, 0.25) is 11.8 Å². The van der Waals surface area contributed by atoms with Crippen molar-refractivity contribution in [2.75, 3.05) is 0 Å². The Kier molecular flexibility index (Phi) is 6.32. The summed E-state index contributed by atoms with van der Waals surface area (Å²) in [6.07, 6.45) is 2.21. The lowest BCUT2D eigenvalue weighted by atomic mass is 9.97. The van der Waals surface area contributed by atoms with E-state index in [1.54, 1.807) is 29.2 Å². The zero-order valence-electron chi connectivity index (χ0n) is 19.5. The summed E-state index contributed by atoms with van der Waals surface area (Å²) in [6, 6.07) is 8.17. The highest BCUT2D eigenvalue weighted by atomic mass is 35.5. The van der Waals surface area contributed by atoms with Crippen molar-refractivity contribution in [2.45, 2.75) is 44.4 Å². The Balaban J connectivity index is 1.36. The quantitative estimate of drug-likeness (QED) is 0.429. The molecule has 37 heavy (non-hydrogen) atoms. The number of para-hydroxylation sites is 1. The second-order valence-electron chi connectivity index (χ2n) is 9.31. The Bertz CT molecular complexity index is 1460. The zero-order chi connectivity index (χ0) is 26.4. The van der Waals surface area contributed by atoms with Crippen LogP contribution in [0.4, 0.5) is 4.39 Å². The highest BCUT2D eigenvalue weighted by Crippen LogP contribution is 2.42. The van der Waals surface area contributed by atoms with Gasteiger partial charge < -0.3 is 21.1 Å². The Labute approximate surface area is 215 Å². The average molecular weight is 528 g/mol. The van der Waals surface area contributed by atoms with E-state index in [0.29, 0.717) is 17.3 Å². The molecule has 2 aliphatic rings. The monoisotopic (exact) mass is 527 g/mol. The molecule has 5 rings (SSSR count). The van der Waals surface area contributed by atoms with E-state index in [1.807, 2.05) is 0 Å².